The van der Waals surface area contributed by atoms with Crippen LogP contribution < -0.4 is 14.7 Å². The SMILES string of the molecule is COc1ccc(N2C(=O)[C@@H]3[C@@H](ON(c4ccc(Cl)cc4)[C@H]3c3ccc(F)cc3)C2=O)cc1. The van der Waals surface area contributed by atoms with Crippen molar-refractivity contribution in [2.24, 2.45) is 5.92 Å². The summed E-state index contributed by atoms with van der Waals surface area (Å²) in [4.78, 5) is 34.0. The number of carbonyl (C=O) groups is 2. The monoisotopic (exact) mass is 452 g/mol. The molecule has 2 heterocycles. The number of hydrogen-bond donors (Lipinski definition) is 0. The van der Waals surface area contributed by atoms with Crippen molar-refractivity contribution in [1.29, 1.82) is 0 Å². The van der Waals surface area contributed by atoms with Crippen molar-refractivity contribution in [3.05, 3.63) is 89.2 Å². The first-order valence-corrected chi connectivity index (χ1v) is 10.3. The van der Waals surface area contributed by atoms with Gasteiger partial charge in [0, 0.05) is 5.02 Å². The lowest BCUT2D eigenvalue weighted by Crippen LogP contribution is -2.37. The quantitative estimate of drug-likeness (QED) is 0.544. The van der Waals surface area contributed by atoms with Crippen molar-refractivity contribution < 1.29 is 23.6 Å². The van der Waals surface area contributed by atoms with Gasteiger partial charge >= 0.3 is 0 Å². The molecule has 0 saturated carbocycles. The third kappa shape index (κ3) is 3.30. The summed E-state index contributed by atoms with van der Waals surface area (Å²) >= 11 is 6.02. The molecular formula is C24H18ClFN2O4. The van der Waals surface area contributed by atoms with Gasteiger partial charge in [0.25, 0.3) is 5.91 Å². The van der Waals surface area contributed by atoms with Crippen LogP contribution in [0.4, 0.5) is 15.8 Å². The minimum atomic E-state index is -1.00. The summed E-state index contributed by atoms with van der Waals surface area (Å²) in [7, 11) is 1.54. The fraction of sp³-hybridized carbons (Fsp3) is 0.167. The molecule has 2 amide bonds. The minimum Gasteiger partial charge on any atom is -0.497 e. The molecule has 3 aromatic rings. The molecule has 32 heavy (non-hydrogen) atoms. The maximum atomic E-state index is 13.6. The molecule has 8 heteroatoms. The van der Waals surface area contributed by atoms with Crippen LogP contribution in [0.3, 0.4) is 0 Å². The second-order valence-electron chi connectivity index (χ2n) is 7.56. The minimum absolute atomic E-state index is 0.379. The number of benzene rings is 3. The molecule has 0 bridgehead atoms. The number of anilines is 2. The van der Waals surface area contributed by atoms with Crippen LogP contribution in [0, 0.1) is 11.7 Å². The Morgan fingerprint density at radius 3 is 2.12 bits per heavy atom. The average molecular weight is 453 g/mol. The molecule has 0 aliphatic carbocycles. The lowest BCUT2D eigenvalue weighted by molar-refractivity contribution is -0.126. The third-order valence-corrected chi connectivity index (χ3v) is 5.99. The molecule has 0 unspecified atom stereocenters. The van der Waals surface area contributed by atoms with Gasteiger partial charge in [0.15, 0.2) is 6.10 Å². The maximum absolute atomic E-state index is 13.6. The molecule has 2 saturated heterocycles. The number of methoxy groups -OCH3 is 1. The van der Waals surface area contributed by atoms with Crippen molar-refractivity contribution in [2.45, 2.75) is 12.1 Å². The summed E-state index contributed by atoms with van der Waals surface area (Å²) in [5, 5.41) is 2.09. The second kappa shape index (κ2) is 7.93. The third-order valence-electron chi connectivity index (χ3n) is 5.74. The summed E-state index contributed by atoms with van der Waals surface area (Å²) in [6.45, 7) is 0. The molecule has 5 rings (SSSR count). The highest BCUT2D eigenvalue weighted by Crippen LogP contribution is 2.47. The smallest absolute Gasteiger partial charge is 0.266 e. The lowest BCUT2D eigenvalue weighted by Gasteiger charge is -2.28. The Morgan fingerprint density at radius 2 is 1.50 bits per heavy atom. The molecule has 162 valence electrons. The van der Waals surface area contributed by atoms with E-state index in [9.17, 15) is 14.0 Å². The van der Waals surface area contributed by atoms with Gasteiger partial charge in [-0.25, -0.2) is 14.4 Å². The van der Waals surface area contributed by atoms with Gasteiger partial charge in [0.1, 0.15) is 17.5 Å². The standard InChI is InChI=1S/C24H18ClFN2O4/c1-31-19-12-10-17(11-13-19)27-23(29)20-21(14-2-6-16(26)7-3-14)28(32-22(20)24(27)30)18-8-4-15(25)5-9-18/h2-13,20-22H,1H3/t20-,21-,22+/m0/s1. The van der Waals surface area contributed by atoms with Crippen LogP contribution in [0.15, 0.2) is 72.8 Å². The summed E-state index contributed by atoms with van der Waals surface area (Å²) in [6, 6.07) is 18.8. The summed E-state index contributed by atoms with van der Waals surface area (Å²) in [6.07, 6.45) is -1.00. The Hall–Kier alpha value is -3.42. The van der Waals surface area contributed by atoms with Crippen LogP contribution in [0.1, 0.15) is 11.6 Å². The van der Waals surface area contributed by atoms with Crippen molar-refractivity contribution in [3.8, 4) is 5.75 Å². The van der Waals surface area contributed by atoms with E-state index in [1.807, 2.05) is 0 Å². The number of nitrogens with zero attached hydrogens (tertiary/aromatic N) is 2. The maximum Gasteiger partial charge on any atom is 0.266 e. The van der Waals surface area contributed by atoms with E-state index in [0.29, 0.717) is 27.7 Å². The second-order valence-corrected chi connectivity index (χ2v) is 8.00. The Kier molecular flexibility index (Phi) is 5.07. The Morgan fingerprint density at radius 1 is 0.875 bits per heavy atom. The first-order chi connectivity index (χ1) is 15.5. The number of imide groups is 1. The highest BCUT2D eigenvalue weighted by atomic mass is 35.5. The first-order valence-electron chi connectivity index (χ1n) is 9.97. The molecule has 0 radical (unpaired) electrons. The number of halogens is 2. The molecule has 2 aliphatic rings. The van der Waals surface area contributed by atoms with Crippen LogP contribution in [0.2, 0.25) is 5.02 Å². The molecule has 0 spiro atoms. The number of hydrogen-bond acceptors (Lipinski definition) is 5. The normalized spacial score (nSPS) is 22.4. The molecule has 0 aromatic heterocycles. The molecule has 6 nitrogen and oxygen atoms in total. The first kappa shape index (κ1) is 20.5. The largest absolute Gasteiger partial charge is 0.497 e. The predicted octanol–water partition coefficient (Wildman–Crippen LogP) is 4.54. The lowest BCUT2D eigenvalue weighted by atomic mass is 9.90. The van der Waals surface area contributed by atoms with Crippen molar-refractivity contribution >= 4 is 34.8 Å². The van der Waals surface area contributed by atoms with Gasteiger partial charge in [-0.3, -0.25) is 14.4 Å². The average Bonchev–Trinajstić information content (AvgIpc) is 3.31. The van der Waals surface area contributed by atoms with Gasteiger partial charge in [-0.2, -0.15) is 0 Å². The zero-order valence-electron chi connectivity index (χ0n) is 16.9. The molecule has 3 atom stereocenters. The summed E-state index contributed by atoms with van der Waals surface area (Å²) < 4.78 is 18.7. The van der Waals surface area contributed by atoms with E-state index in [4.69, 9.17) is 21.2 Å². The number of fused-ring (bicyclic) bond motifs is 1. The van der Waals surface area contributed by atoms with Crippen LogP contribution in [-0.2, 0) is 14.4 Å². The van der Waals surface area contributed by atoms with Gasteiger partial charge < -0.3 is 4.74 Å². The zero-order chi connectivity index (χ0) is 22.4. The highest BCUT2D eigenvalue weighted by Gasteiger charge is 2.60. The molecule has 0 N–H and O–H groups in total. The molecule has 2 fully saturated rings. The zero-order valence-corrected chi connectivity index (χ0v) is 17.7. The Bertz CT molecular complexity index is 1170. The topological polar surface area (TPSA) is 59.1 Å². The molecule has 2 aliphatic heterocycles. The number of ether oxygens (including phenoxy) is 1. The molecule has 3 aromatic carbocycles. The van der Waals surface area contributed by atoms with Gasteiger partial charge in [-0.05, 0) is 66.2 Å². The Labute approximate surface area is 188 Å². The number of amides is 2. The number of carbonyl (C=O) groups excluding carboxylic acids is 2. The van der Waals surface area contributed by atoms with Crippen LogP contribution in [0.5, 0.6) is 5.75 Å². The van der Waals surface area contributed by atoms with Crippen molar-refractivity contribution in [1.82, 2.24) is 0 Å². The van der Waals surface area contributed by atoms with E-state index in [0.717, 1.165) is 4.90 Å². The van der Waals surface area contributed by atoms with E-state index in [2.05, 4.69) is 0 Å². The van der Waals surface area contributed by atoms with Gasteiger partial charge in [0.05, 0.1) is 24.5 Å². The van der Waals surface area contributed by atoms with Crippen LogP contribution in [-0.4, -0.2) is 25.0 Å². The fourth-order valence-electron chi connectivity index (χ4n) is 4.21. The highest BCUT2D eigenvalue weighted by molar-refractivity contribution is 6.30. The van der Waals surface area contributed by atoms with Crippen LogP contribution >= 0.6 is 11.6 Å². The van der Waals surface area contributed by atoms with E-state index in [1.165, 1.54) is 19.2 Å². The van der Waals surface area contributed by atoms with Gasteiger partial charge in [-0.15, -0.1) is 0 Å². The Balaban J connectivity index is 1.55. The predicted molar refractivity (Wildman–Crippen MR) is 117 cm³/mol. The van der Waals surface area contributed by atoms with E-state index >= 15 is 0 Å². The van der Waals surface area contributed by atoms with E-state index in [-0.39, 0.29) is 5.91 Å². The van der Waals surface area contributed by atoms with E-state index < -0.39 is 29.8 Å². The summed E-state index contributed by atoms with van der Waals surface area (Å²) in [5.74, 6) is -1.41. The van der Waals surface area contributed by atoms with Gasteiger partial charge in [-0.1, -0.05) is 23.7 Å². The fourth-order valence-corrected chi connectivity index (χ4v) is 4.34. The number of rotatable bonds is 4. The summed E-state index contributed by atoms with van der Waals surface area (Å²) in [5.41, 5.74) is 1.73. The van der Waals surface area contributed by atoms with Gasteiger partial charge in [0.2, 0.25) is 5.91 Å². The van der Waals surface area contributed by atoms with Crippen LogP contribution in [0.25, 0.3) is 0 Å². The van der Waals surface area contributed by atoms with E-state index in [1.54, 1.807) is 65.7 Å². The van der Waals surface area contributed by atoms with Crippen molar-refractivity contribution in [2.75, 3.05) is 17.1 Å². The number of hydroxylamine groups is 1. The van der Waals surface area contributed by atoms with Crippen molar-refractivity contribution in [3.63, 3.8) is 0 Å². The molecular weight excluding hydrogens is 435 g/mol.